The van der Waals surface area contributed by atoms with Gasteiger partial charge in [-0.25, -0.2) is 18.2 Å². The maximum atomic E-state index is 13.4. The number of pyridine rings is 1. The number of carboxylic acid groups (broad SMARTS) is 1. The van der Waals surface area contributed by atoms with E-state index in [0.29, 0.717) is 5.69 Å². The third-order valence-electron chi connectivity index (χ3n) is 5.67. The van der Waals surface area contributed by atoms with Crippen LogP contribution in [0.4, 0.5) is 29.5 Å². The molecule has 196 valence electrons. The molecule has 1 aliphatic rings. The molecule has 1 saturated heterocycles. The van der Waals surface area contributed by atoms with Crippen molar-refractivity contribution in [2.24, 2.45) is 0 Å². The molecule has 0 saturated carbocycles. The molecule has 2 atom stereocenters. The molecule has 37 heavy (non-hydrogen) atoms. The van der Waals surface area contributed by atoms with E-state index >= 15 is 0 Å². The molecule has 3 rings (SSSR count). The van der Waals surface area contributed by atoms with Gasteiger partial charge in [-0.2, -0.15) is 17.5 Å². The summed E-state index contributed by atoms with van der Waals surface area (Å²) in [4.78, 5) is 16.2. The predicted molar refractivity (Wildman–Crippen MR) is 129 cm³/mol. The van der Waals surface area contributed by atoms with Crippen LogP contribution in [0.25, 0.3) is 0 Å². The summed E-state index contributed by atoms with van der Waals surface area (Å²) in [6, 6.07) is 7.63. The Morgan fingerprint density at radius 2 is 1.92 bits per heavy atom. The first-order chi connectivity index (χ1) is 17.5. The van der Waals surface area contributed by atoms with E-state index in [0.717, 1.165) is 6.20 Å². The second-order valence-electron chi connectivity index (χ2n) is 7.95. The summed E-state index contributed by atoms with van der Waals surface area (Å²) in [5.74, 6) is 5.91. The number of sulfonamides is 1. The maximum Gasteiger partial charge on any atom is 0.410 e. The molecule has 1 amide bonds. The molecule has 9 nitrogen and oxygen atoms in total. The van der Waals surface area contributed by atoms with E-state index in [1.165, 1.54) is 46.8 Å². The Labute approximate surface area is 212 Å². The highest BCUT2D eigenvalue weighted by molar-refractivity contribution is 7.89. The van der Waals surface area contributed by atoms with Crippen LogP contribution < -0.4 is 10.2 Å². The maximum absolute atomic E-state index is 13.4. The molecule has 1 aliphatic heterocycles. The van der Waals surface area contributed by atoms with Gasteiger partial charge in [0, 0.05) is 37.9 Å². The molecule has 13 heteroatoms. The summed E-state index contributed by atoms with van der Waals surface area (Å²) >= 11 is 0. The van der Waals surface area contributed by atoms with Gasteiger partial charge in [0.25, 0.3) is 0 Å². The smallest absolute Gasteiger partial charge is 0.410 e. The van der Waals surface area contributed by atoms with Crippen LogP contribution in [0, 0.1) is 23.9 Å². The highest BCUT2D eigenvalue weighted by Gasteiger charge is 2.40. The lowest BCUT2D eigenvalue weighted by Gasteiger charge is -2.40. The van der Waals surface area contributed by atoms with E-state index in [2.05, 4.69) is 22.7 Å². The summed E-state index contributed by atoms with van der Waals surface area (Å²) in [5.41, 5.74) is 0.570. The van der Waals surface area contributed by atoms with Gasteiger partial charge in [-0.15, -0.1) is 5.92 Å². The van der Waals surface area contributed by atoms with Gasteiger partial charge in [-0.3, -0.25) is 5.32 Å². The quantitative estimate of drug-likeness (QED) is 0.484. The standard InChI is InChI=1S/C24H23F3N4O5S/c1-2-4-19-16-30(37(35,36)20-10-11-22(28-15-20)29-23(33)34)12-13-31(19)18-8-6-17(7-9-18)21(5-3-14-32)24(25,26)27/h6-11,15,19,21,32H,5,12-13,16H2,1H3,(H,28,29)(H,33,34)/t19-,21?/m0/s1. The SMILES string of the molecule is CC#C[C@H]1CN(S(=O)(=O)c2ccc(NC(=O)O)nc2)CCN1c1ccc(C(CC#CO)C(F)(F)F)cc1. The third kappa shape index (κ3) is 6.64. The number of hydrogen-bond donors (Lipinski definition) is 3. The number of nitrogens with zero attached hydrogens (tertiary/aromatic N) is 3. The number of nitrogens with one attached hydrogen (secondary N) is 1. The van der Waals surface area contributed by atoms with Gasteiger partial charge in [0.1, 0.15) is 22.9 Å². The average Bonchev–Trinajstić information content (AvgIpc) is 2.84. The minimum atomic E-state index is -4.54. The summed E-state index contributed by atoms with van der Waals surface area (Å²) in [6.45, 7) is 1.90. The number of aliphatic hydroxyl groups excluding tert-OH is 1. The zero-order chi connectivity index (χ0) is 27.2. The van der Waals surface area contributed by atoms with Gasteiger partial charge < -0.3 is 15.1 Å². The van der Waals surface area contributed by atoms with Crippen molar-refractivity contribution in [3.63, 3.8) is 0 Å². The van der Waals surface area contributed by atoms with Gasteiger partial charge >= 0.3 is 12.3 Å². The zero-order valence-electron chi connectivity index (χ0n) is 19.5. The number of aliphatic hydroxyl groups is 1. The van der Waals surface area contributed by atoms with Crippen LogP contribution in [-0.4, -0.2) is 65.9 Å². The van der Waals surface area contributed by atoms with E-state index in [4.69, 9.17) is 10.2 Å². The Morgan fingerprint density at radius 1 is 1.22 bits per heavy atom. The molecule has 1 aromatic carbocycles. The summed E-state index contributed by atoms with van der Waals surface area (Å²) in [7, 11) is -3.96. The Hall–Kier alpha value is -3.94. The van der Waals surface area contributed by atoms with Gasteiger partial charge in [-0.1, -0.05) is 24.0 Å². The van der Waals surface area contributed by atoms with Crippen molar-refractivity contribution in [1.29, 1.82) is 0 Å². The van der Waals surface area contributed by atoms with Crippen LogP contribution in [0.3, 0.4) is 0 Å². The summed E-state index contributed by atoms with van der Waals surface area (Å²) < 4.78 is 67.9. The van der Waals surface area contributed by atoms with Crippen molar-refractivity contribution in [3.8, 4) is 23.9 Å². The van der Waals surface area contributed by atoms with Crippen LogP contribution in [0.2, 0.25) is 0 Å². The molecule has 0 radical (unpaired) electrons. The lowest BCUT2D eigenvalue weighted by atomic mass is 9.95. The minimum Gasteiger partial charge on any atom is -0.465 e. The molecule has 0 bridgehead atoms. The molecule has 2 aromatic rings. The van der Waals surface area contributed by atoms with Crippen LogP contribution >= 0.6 is 0 Å². The van der Waals surface area contributed by atoms with Crippen molar-refractivity contribution in [2.45, 2.75) is 36.4 Å². The monoisotopic (exact) mass is 536 g/mol. The first-order valence-corrected chi connectivity index (χ1v) is 12.3. The van der Waals surface area contributed by atoms with Crippen molar-refractivity contribution >= 4 is 27.6 Å². The molecule has 2 heterocycles. The second kappa shape index (κ2) is 11.4. The van der Waals surface area contributed by atoms with E-state index < -0.39 is 40.7 Å². The molecular weight excluding hydrogens is 513 g/mol. The molecule has 0 aliphatic carbocycles. The van der Waals surface area contributed by atoms with E-state index in [1.807, 2.05) is 10.2 Å². The fraction of sp³-hybridized carbons (Fsp3) is 0.333. The highest BCUT2D eigenvalue weighted by atomic mass is 32.2. The zero-order valence-corrected chi connectivity index (χ0v) is 20.3. The average molecular weight is 537 g/mol. The van der Waals surface area contributed by atoms with Gasteiger partial charge in [-0.05, 0) is 36.8 Å². The van der Waals surface area contributed by atoms with Crippen molar-refractivity contribution in [2.75, 3.05) is 29.9 Å². The van der Waals surface area contributed by atoms with Crippen LogP contribution in [0.1, 0.15) is 24.8 Å². The van der Waals surface area contributed by atoms with Gasteiger partial charge in [0.15, 0.2) is 0 Å². The predicted octanol–water partition coefficient (Wildman–Crippen LogP) is 3.44. The highest BCUT2D eigenvalue weighted by Crippen LogP contribution is 2.38. The molecule has 1 unspecified atom stereocenters. The minimum absolute atomic E-state index is 0.00266. The number of anilines is 2. The first-order valence-electron chi connectivity index (χ1n) is 10.9. The van der Waals surface area contributed by atoms with Crippen molar-refractivity contribution < 1.29 is 36.6 Å². The number of carbonyl (C=O) groups is 1. The molecule has 3 N–H and O–H groups in total. The lowest BCUT2D eigenvalue weighted by molar-refractivity contribution is -0.149. The Bertz CT molecular complexity index is 1340. The summed E-state index contributed by atoms with van der Waals surface area (Å²) in [5, 5.41) is 19.4. The first kappa shape index (κ1) is 27.6. The number of benzene rings is 1. The van der Waals surface area contributed by atoms with Gasteiger partial charge in [0.05, 0.1) is 5.92 Å². The lowest BCUT2D eigenvalue weighted by Crippen LogP contribution is -2.54. The normalized spacial score (nSPS) is 17.1. The fourth-order valence-electron chi connectivity index (χ4n) is 3.91. The Kier molecular flexibility index (Phi) is 8.53. The Morgan fingerprint density at radius 3 is 2.46 bits per heavy atom. The molecule has 1 fully saturated rings. The number of piperazine rings is 1. The van der Waals surface area contributed by atoms with E-state index in [1.54, 1.807) is 6.92 Å². The van der Waals surface area contributed by atoms with Crippen LogP contribution in [0.5, 0.6) is 0 Å². The number of aromatic nitrogens is 1. The summed E-state index contributed by atoms with van der Waals surface area (Å²) in [6.07, 6.45) is -3.89. The number of alkyl halides is 3. The molecular formula is C24H23F3N4O5S. The van der Waals surface area contributed by atoms with Crippen molar-refractivity contribution in [1.82, 2.24) is 9.29 Å². The van der Waals surface area contributed by atoms with Crippen molar-refractivity contribution in [3.05, 3.63) is 48.2 Å². The number of amides is 1. The number of rotatable bonds is 6. The Balaban J connectivity index is 1.80. The van der Waals surface area contributed by atoms with Gasteiger partial charge in [0.2, 0.25) is 10.0 Å². The largest absolute Gasteiger partial charge is 0.465 e. The fourth-order valence-corrected chi connectivity index (χ4v) is 5.29. The number of halogens is 3. The number of hydrogen-bond acceptors (Lipinski definition) is 6. The molecule has 0 spiro atoms. The topological polar surface area (TPSA) is 123 Å². The third-order valence-corrected chi connectivity index (χ3v) is 7.52. The van der Waals surface area contributed by atoms with Crippen LogP contribution in [-0.2, 0) is 10.0 Å². The van der Waals surface area contributed by atoms with Crippen LogP contribution in [0.15, 0.2) is 47.5 Å². The second-order valence-corrected chi connectivity index (χ2v) is 9.89. The van der Waals surface area contributed by atoms with E-state index in [9.17, 15) is 26.4 Å². The van der Waals surface area contributed by atoms with E-state index in [-0.39, 0.29) is 35.9 Å². The molecule has 1 aromatic heterocycles.